The SMILES string of the molecule is CC1(C)CCCCC1[B-](F)(F)F. The monoisotopic (exact) mass is 179 g/mol. The third kappa shape index (κ3) is 1.96. The first-order chi connectivity index (χ1) is 5.34. The average Bonchev–Trinajstić information content (AvgIpc) is 1.83. The Morgan fingerprint density at radius 3 is 2.08 bits per heavy atom. The van der Waals surface area contributed by atoms with Crippen LogP contribution in [0.3, 0.4) is 0 Å². The van der Waals surface area contributed by atoms with Gasteiger partial charge in [-0.1, -0.05) is 50.8 Å². The van der Waals surface area contributed by atoms with E-state index in [4.69, 9.17) is 0 Å². The summed E-state index contributed by atoms with van der Waals surface area (Å²) >= 11 is 0. The van der Waals surface area contributed by atoms with Gasteiger partial charge in [0.2, 0.25) is 0 Å². The van der Waals surface area contributed by atoms with Gasteiger partial charge in [0, 0.05) is 0 Å². The zero-order chi connectivity index (χ0) is 9.41. The first-order valence-electron chi connectivity index (χ1n) is 4.54. The first-order valence-corrected chi connectivity index (χ1v) is 4.54. The summed E-state index contributed by atoms with van der Waals surface area (Å²) in [5.41, 5.74) is -0.517. The molecule has 0 radical (unpaired) electrons. The minimum atomic E-state index is -4.62. The lowest BCUT2D eigenvalue weighted by molar-refractivity contribution is 0.203. The Morgan fingerprint density at radius 2 is 1.75 bits per heavy atom. The molecule has 12 heavy (non-hydrogen) atoms. The topological polar surface area (TPSA) is 0 Å². The molecule has 1 fully saturated rings. The Morgan fingerprint density at radius 1 is 1.17 bits per heavy atom. The van der Waals surface area contributed by atoms with E-state index in [-0.39, 0.29) is 0 Å². The van der Waals surface area contributed by atoms with Gasteiger partial charge >= 0.3 is 6.98 Å². The smallest absolute Gasteiger partial charge is 0.449 e. The molecule has 0 N–H and O–H groups in total. The Kier molecular flexibility index (Phi) is 2.46. The summed E-state index contributed by atoms with van der Waals surface area (Å²) in [6, 6.07) is 0. The lowest BCUT2D eigenvalue weighted by Crippen LogP contribution is -2.37. The number of halogens is 3. The summed E-state index contributed by atoms with van der Waals surface area (Å²) in [7, 11) is 0. The van der Waals surface area contributed by atoms with E-state index in [1.54, 1.807) is 13.8 Å². The summed E-state index contributed by atoms with van der Waals surface area (Å²) < 4.78 is 37.5. The molecule has 0 aromatic carbocycles. The van der Waals surface area contributed by atoms with Gasteiger partial charge < -0.3 is 12.9 Å². The van der Waals surface area contributed by atoms with Crippen LogP contribution in [0.2, 0.25) is 5.82 Å². The highest BCUT2D eigenvalue weighted by molar-refractivity contribution is 6.60. The maximum Gasteiger partial charge on any atom is 0.481 e. The van der Waals surface area contributed by atoms with Crippen molar-refractivity contribution >= 4 is 6.98 Å². The molecule has 0 nitrogen and oxygen atoms in total. The molecule has 72 valence electrons. The third-order valence-corrected chi connectivity index (χ3v) is 3.05. The van der Waals surface area contributed by atoms with E-state index >= 15 is 0 Å². The van der Waals surface area contributed by atoms with Gasteiger partial charge in [0.1, 0.15) is 0 Å². The molecule has 0 aliphatic heterocycles. The first kappa shape index (κ1) is 9.94. The summed E-state index contributed by atoms with van der Waals surface area (Å²) in [4.78, 5) is 0. The van der Waals surface area contributed by atoms with E-state index in [1.807, 2.05) is 0 Å². The Balaban J connectivity index is 2.73. The maximum absolute atomic E-state index is 12.5. The highest BCUT2D eigenvalue weighted by atomic mass is 19.4. The second-order valence-corrected chi connectivity index (χ2v) is 4.47. The fraction of sp³-hybridized carbons (Fsp3) is 1.00. The van der Waals surface area contributed by atoms with Gasteiger partial charge in [0.05, 0.1) is 0 Å². The zero-order valence-electron chi connectivity index (χ0n) is 7.62. The Bertz CT molecular complexity index is 162. The maximum atomic E-state index is 12.5. The molecule has 0 amide bonds. The molecule has 0 spiro atoms. The van der Waals surface area contributed by atoms with E-state index in [0.29, 0.717) is 6.42 Å². The normalized spacial score (nSPS) is 30.2. The second kappa shape index (κ2) is 2.97. The van der Waals surface area contributed by atoms with Crippen LogP contribution in [0.4, 0.5) is 12.9 Å². The van der Waals surface area contributed by atoms with Gasteiger partial charge in [-0.2, -0.15) is 0 Å². The largest absolute Gasteiger partial charge is 0.481 e. The van der Waals surface area contributed by atoms with Gasteiger partial charge in [-0.3, -0.25) is 0 Å². The van der Waals surface area contributed by atoms with Crippen LogP contribution < -0.4 is 0 Å². The molecular weight excluding hydrogens is 164 g/mol. The van der Waals surface area contributed by atoms with Crippen molar-refractivity contribution in [1.29, 1.82) is 0 Å². The summed E-state index contributed by atoms with van der Waals surface area (Å²) in [5.74, 6) is -1.02. The molecule has 1 aliphatic carbocycles. The van der Waals surface area contributed by atoms with E-state index in [1.165, 1.54) is 0 Å². The second-order valence-electron chi connectivity index (χ2n) is 4.47. The Hall–Kier alpha value is -0.145. The van der Waals surface area contributed by atoms with E-state index in [9.17, 15) is 12.9 Å². The lowest BCUT2D eigenvalue weighted by Gasteiger charge is -2.44. The molecule has 1 aliphatic rings. The highest BCUT2D eigenvalue weighted by Gasteiger charge is 2.44. The summed E-state index contributed by atoms with van der Waals surface area (Å²) in [6.07, 6.45) is 2.76. The molecule has 0 heterocycles. The van der Waals surface area contributed by atoms with Crippen LogP contribution in [0.15, 0.2) is 0 Å². The molecule has 1 unspecified atom stereocenters. The van der Waals surface area contributed by atoms with Crippen LogP contribution in [-0.4, -0.2) is 6.98 Å². The van der Waals surface area contributed by atoms with Crippen LogP contribution in [0.25, 0.3) is 0 Å². The standard InChI is InChI=1S/C8H15BF3/c1-8(2)6-4-3-5-7(8)9(10,11)12/h7H,3-6H2,1-2H3/q-1. The van der Waals surface area contributed by atoms with Crippen molar-refractivity contribution in [3.8, 4) is 0 Å². The molecule has 0 aromatic heterocycles. The van der Waals surface area contributed by atoms with E-state index in [2.05, 4.69) is 0 Å². The predicted molar refractivity (Wildman–Crippen MR) is 45.1 cm³/mol. The van der Waals surface area contributed by atoms with E-state index in [0.717, 1.165) is 19.3 Å². The molecule has 0 bridgehead atoms. The molecule has 1 rings (SSSR count). The van der Waals surface area contributed by atoms with Crippen LogP contribution >= 0.6 is 0 Å². The molecule has 4 heteroatoms. The highest BCUT2D eigenvalue weighted by Crippen LogP contribution is 2.51. The van der Waals surface area contributed by atoms with Crippen molar-refractivity contribution in [2.24, 2.45) is 5.41 Å². The predicted octanol–water partition coefficient (Wildman–Crippen LogP) is 3.80. The average molecular weight is 179 g/mol. The van der Waals surface area contributed by atoms with Crippen molar-refractivity contribution < 1.29 is 12.9 Å². The van der Waals surface area contributed by atoms with Crippen molar-refractivity contribution in [2.45, 2.75) is 45.3 Å². The van der Waals surface area contributed by atoms with Crippen LogP contribution in [-0.2, 0) is 0 Å². The molecule has 0 saturated heterocycles. The number of rotatable bonds is 1. The van der Waals surface area contributed by atoms with Crippen molar-refractivity contribution in [3.63, 3.8) is 0 Å². The van der Waals surface area contributed by atoms with Crippen molar-refractivity contribution in [3.05, 3.63) is 0 Å². The lowest BCUT2D eigenvalue weighted by atomic mass is 9.53. The molecule has 0 aromatic rings. The van der Waals surface area contributed by atoms with Crippen LogP contribution in [0, 0.1) is 5.41 Å². The fourth-order valence-electron chi connectivity index (χ4n) is 2.22. The summed E-state index contributed by atoms with van der Waals surface area (Å²) in [6.45, 7) is -1.14. The van der Waals surface area contributed by atoms with Gasteiger partial charge in [-0.25, -0.2) is 0 Å². The van der Waals surface area contributed by atoms with Gasteiger partial charge in [-0.15, -0.1) is 0 Å². The summed E-state index contributed by atoms with van der Waals surface area (Å²) in [5, 5.41) is 0. The van der Waals surface area contributed by atoms with Crippen LogP contribution in [0.5, 0.6) is 0 Å². The molecule has 1 saturated carbocycles. The third-order valence-electron chi connectivity index (χ3n) is 3.05. The number of hydrogen-bond donors (Lipinski definition) is 0. The van der Waals surface area contributed by atoms with Crippen LogP contribution in [0.1, 0.15) is 39.5 Å². The zero-order valence-corrected chi connectivity index (χ0v) is 7.62. The van der Waals surface area contributed by atoms with Gasteiger partial charge in [-0.05, 0) is 0 Å². The van der Waals surface area contributed by atoms with Crippen molar-refractivity contribution in [2.75, 3.05) is 0 Å². The Labute approximate surface area is 71.6 Å². The fourth-order valence-corrected chi connectivity index (χ4v) is 2.22. The minimum Gasteiger partial charge on any atom is -0.449 e. The van der Waals surface area contributed by atoms with Gasteiger partial charge in [0.25, 0.3) is 0 Å². The molecular formula is C8H15BF3-. The van der Waals surface area contributed by atoms with Crippen molar-refractivity contribution in [1.82, 2.24) is 0 Å². The van der Waals surface area contributed by atoms with Gasteiger partial charge in [0.15, 0.2) is 0 Å². The number of hydrogen-bond acceptors (Lipinski definition) is 0. The minimum absolute atomic E-state index is 0.344. The quantitative estimate of drug-likeness (QED) is 0.537. The van der Waals surface area contributed by atoms with E-state index < -0.39 is 18.2 Å². The molecule has 1 atom stereocenters.